The van der Waals surface area contributed by atoms with Crippen molar-refractivity contribution in [1.82, 2.24) is 34.8 Å². The molecule has 12 nitrogen and oxygen atoms in total. The molecule has 2 aliphatic rings. The zero-order valence-corrected chi connectivity index (χ0v) is 30.8. The molecule has 0 spiro atoms. The molecule has 5 aromatic rings. The van der Waals surface area contributed by atoms with Gasteiger partial charge in [-0.05, 0) is 66.0 Å². The molecule has 3 aromatic carbocycles. The number of benzene rings is 3. The van der Waals surface area contributed by atoms with Gasteiger partial charge in [-0.3, -0.25) is 14.4 Å². The number of amides is 2. The van der Waals surface area contributed by atoms with Gasteiger partial charge in [-0.25, -0.2) is 23.2 Å². The van der Waals surface area contributed by atoms with Gasteiger partial charge in [0.15, 0.2) is 5.82 Å². The predicted molar refractivity (Wildman–Crippen MR) is 200 cm³/mol. The standard InChI is InChI=1S/C40H37ClF2N9O3/c1-25(28-11-16-32(41)33(19-28)52-35(34(42)43)45-24-47-52)51-36(53)40(23-39(2,3)17-18-44,49-37(51)48-38(54)55-22-26-7-5-4-6-8-26)30-12-9-27(10-13-30)29-20-46-50(21-29)31-14-15-31/h4-13,16,19-21,24-25,31,34H,1,14-15,17,22-23H2,2-3H3,(H,48,49,54)/t25-,40?/m0/s1. The van der Waals surface area contributed by atoms with Gasteiger partial charge in [0.05, 0.1) is 35.1 Å². The van der Waals surface area contributed by atoms with Crippen molar-refractivity contribution in [3.05, 3.63) is 126 Å². The Labute approximate surface area is 321 Å². The second kappa shape index (κ2) is 15.1. The quantitative estimate of drug-likeness (QED) is 0.134. The molecule has 1 aliphatic carbocycles. The van der Waals surface area contributed by atoms with Crippen LogP contribution >= 0.6 is 11.6 Å². The van der Waals surface area contributed by atoms with Crippen LogP contribution in [0.5, 0.6) is 0 Å². The molecular weight excluding hydrogens is 728 g/mol. The van der Waals surface area contributed by atoms with Crippen LogP contribution < -0.4 is 5.32 Å². The Morgan fingerprint density at radius 3 is 2.56 bits per heavy atom. The minimum atomic E-state index is -2.94. The van der Waals surface area contributed by atoms with E-state index in [1.165, 1.54) is 17.0 Å². The Balaban J connectivity index is 1.31. The Kier molecular flexibility index (Phi) is 10.2. The molecule has 15 heteroatoms. The largest absolute Gasteiger partial charge is 0.443 e. The third-order valence-corrected chi connectivity index (χ3v) is 10.1. The first kappa shape index (κ1) is 37.4. The third-order valence-electron chi connectivity index (χ3n) is 9.74. The maximum atomic E-state index is 15.2. The highest BCUT2D eigenvalue weighted by Crippen LogP contribution is 2.44. The van der Waals surface area contributed by atoms with Crippen LogP contribution in [-0.2, 0) is 21.7 Å². The molecule has 2 fully saturated rings. The van der Waals surface area contributed by atoms with Crippen LogP contribution in [0.3, 0.4) is 0 Å². The molecule has 1 radical (unpaired) electrons. The van der Waals surface area contributed by atoms with Crippen molar-refractivity contribution in [1.29, 1.82) is 5.26 Å². The van der Waals surface area contributed by atoms with Gasteiger partial charge in [0.1, 0.15) is 18.5 Å². The highest BCUT2D eigenvalue weighted by atomic mass is 35.5. The maximum absolute atomic E-state index is 15.2. The maximum Gasteiger partial charge on any atom is 0.437 e. The number of aromatic nitrogens is 5. The highest BCUT2D eigenvalue weighted by Gasteiger charge is 2.55. The monoisotopic (exact) mass is 764 g/mol. The molecule has 3 heterocycles. The second-order valence-electron chi connectivity index (χ2n) is 14.4. The molecule has 2 atom stereocenters. The average molecular weight is 765 g/mol. The van der Waals surface area contributed by atoms with Crippen LogP contribution in [0.15, 0.2) is 96.5 Å². The van der Waals surface area contributed by atoms with Crippen LogP contribution in [0, 0.1) is 23.7 Å². The third kappa shape index (κ3) is 7.70. The summed E-state index contributed by atoms with van der Waals surface area (Å²) in [5.41, 5.74) is 1.32. The highest BCUT2D eigenvalue weighted by molar-refractivity contribution is 6.32. The van der Waals surface area contributed by atoms with Crippen LogP contribution in [0.4, 0.5) is 13.6 Å². The molecule has 1 unspecified atom stereocenters. The molecular formula is C40H37ClF2N9O3. The van der Waals surface area contributed by atoms with Gasteiger partial charge < -0.3 is 10.1 Å². The van der Waals surface area contributed by atoms with E-state index in [2.05, 4.69) is 38.5 Å². The van der Waals surface area contributed by atoms with E-state index in [0.717, 1.165) is 40.5 Å². The summed E-state index contributed by atoms with van der Waals surface area (Å²) in [4.78, 5) is 37.8. The van der Waals surface area contributed by atoms with Gasteiger partial charge in [-0.1, -0.05) is 86.1 Å². The number of carbonyl (C=O) groups excluding carboxylic acids is 2. The number of aliphatic imine (C=N–C) groups is 1. The average Bonchev–Trinajstić information content (AvgIpc) is 3.56. The van der Waals surface area contributed by atoms with Gasteiger partial charge in [0.25, 0.3) is 12.3 Å². The van der Waals surface area contributed by atoms with E-state index in [9.17, 15) is 18.8 Å². The summed E-state index contributed by atoms with van der Waals surface area (Å²) in [5.74, 6) is -1.27. The van der Waals surface area contributed by atoms with Crippen molar-refractivity contribution in [2.45, 2.75) is 70.2 Å². The SMILES string of the molecule is [CH2][C@@H](c1ccc(Cl)c(-n2ncnc2C(F)F)c1)N1C(=O)C(CC(C)(C)CC#N)(c2ccc(-c3cnn(C4CC4)c3)cc2)N/C1=N\C(=O)OCc1ccccc1. The van der Waals surface area contributed by atoms with E-state index < -0.39 is 41.2 Å². The summed E-state index contributed by atoms with van der Waals surface area (Å²) in [5, 5.41) is 21.6. The summed E-state index contributed by atoms with van der Waals surface area (Å²) < 4.78 is 36.1. The number of nitrogens with zero attached hydrogens (tertiary/aromatic N) is 8. The first-order chi connectivity index (χ1) is 26.4. The lowest BCUT2D eigenvalue weighted by atomic mass is 9.73. The predicted octanol–water partition coefficient (Wildman–Crippen LogP) is 8.28. The minimum Gasteiger partial charge on any atom is -0.443 e. The number of carbonyl (C=O) groups is 2. The fourth-order valence-electron chi connectivity index (χ4n) is 6.83. The van der Waals surface area contributed by atoms with E-state index in [-0.39, 0.29) is 36.1 Å². The molecule has 281 valence electrons. The number of halogens is 3. The van der Waals surface area contributed by atoms with E-state index in [1.807, 2.05) is 73.4 Å². The lowest BCUT2D eigenvalue weighted by molar-refractivity contribution is -0.133. The fraction of sp³-hybridized carbons (Fsp3) is 0.300. The van der Waals surface area contributed by atoms with Gasteiger partial charge in [0, 0.05) is 18.2 Å². The fourth-order valence-corrected chi connectivity index (χ4v) is 7.03. The molecule has 1 N–H and O–H groups in total. The van der Waals surface area contributed by atoms with Crippen molar-refractivity contribution in [2.75, 3.05) is 0 Å². The van der Waals surface area contributed by atoms with Crippen molar-refractivity contribution in [3.8, 4) is 22.9 Å². The summed E-state index contributed by atoms with van der Waals surface area (Å²) in [6, 6.07) is 22.6. The summed E-state index contributed by atoms with van der Waals surface area (Å²) in [6.07, 6.45) is 3.32. The number of hydrogen-bond donors (Lipinski definition) is 1. The van der Waals surface area contributed by atoms with Crippen LogP contribution in [0.25, 0.3) is 16.8 Å². The molecule has 7 rings (SSSR count). The Bertz CT molecular complexity index is 2280. The summed E-state index contributed by atoms with van der Waals surface area (Å²) >= 11 is 6.48. The lowest BCUT2D eigenvalue weighted by Crippen LogP contribution is -2.47. The van der Waals surface area contributed by atoms with Gasteiger partial charge in [-0.15, -0.1) is 4.99 Å². The molecule has 55 heavy (non-hydrogen) atoms. The van der Waals surface area contributed by atoms with Crippen molar-refractivity contribution >= 4 is 29.6 Å². The molecule has 2 aromatic heterocycles. The zero-order valence-electron chi connectivity index (χ0n) is 30.1. The van der Waals surface area contributed by atoms with Gasteiger partial charge >= 0.3 is 6.09 Å². The number of nitrogens with one attached hydrogen (secondary N) is 1. The number of guanidine groups is 1. The van der Waals surface area contributed by atoms with Crippen LogP contribution in [0.1, 0.15) is 80.6 Å². The smallest absolute Gasteiger partial charge is 0.437 e. The molecule has 1 saturated heterocycles. The van der Waals surface area contributed by atoms with Crippen LogP contribution in [0.2, 0.25) is 5.02 Å². The normalized spacial score (nSPS) is 18.4. The summed E-state index contributed by atoms with van der Waals surface area (Å²) in [7, 11) is 0. The first-order valence-corrected chi connectivity index (χ1v) is 18.0. The first-order valence-electron chi connectivity index (χ1n) is 17.6. The molecule has 1 saturated carbocycles. The minimum absolute atomic E-state index is 0.0672. The zero-order chi connectivity index (χ0) is 38.9. The Morgan fingerprint density at radius 1 is 1.13 bits per heavy atom. The summed E-state index contributed by atoms with van der Waals surface area (Å²) in [6.45, 7) is 8.00. The van der Waals surface area contributed by atoms with Gasteiger partial charge in [0.2, 0.25) is 5.96 Å². The number of nitriles is 1. The van der Waals surface area contributed by atoms with Crippen LogP contribution in [-0.4, -0.2) is 47.4 Å². The molecule has 0 bridgehead atoms. The Hall–Kier alpha value is -5.94. The Morgan fingerprint density at radius 2 is 1.87 bits per heavy atom. The molecule has 2 amide bonds. The van der Waals surface area contributed by atoms with E-state index in [0.29, 0.717) is 17.2 Å². The lowest BCUT2D eigenvalue weighted by Gasteiger charge is -2.35. The van der Waals surface area contributed by atoms with Crippen molar-refractivity contribution < 1.29 is 23.1 Å². The number of ether oxygens (including phenoxy) is 1. The van der Waals surface area contributed by atoms with E-state index >= 15 is 4.79 Å². The van der Waals surface area contributed by atoms with Gasteiger partial charge in [-0.2, -0.15) is 15.5 Å². The van der Waals surface area contributed by atoms with E-state index in [1.54, 1.807) is 18.2 Å². The molecule has 1 aliphatic heterocycles. The number of rotatable bonds is 12. The topological polar surface area (TPSA) is 143 Å². The number of hydrogen-bond acceptors (Lipinski definition) is 7. The second-order valence-corrected chi connectivity index (χ2v) is 14.8. The van der Waals surface area contributed by atoms with E-state index in [4.69, 9.17) is 16.3 Å². The van der Waals surface area contributed by atoms with Crippen molar-refractivity contribution in [2.24, 2.45) is 10.4 Å². The van der Waals surface area contributed by atoms with Crippen molar-refractivity contribution in [3.63, 3.8) is 0 Å². The number of alkyl halides is 2.